The first-order valence-corrected chi connectivity index (χ1v) is 10.6. The van der Waals surface area contributed by atoms with Crippen molar-refractivity contribution in [2.24, 2.45) is 5.92 Å². The van der Waals surface area contributed by atoms with Gasteiger partial charge in [-0.05, 0) is 71.0 Å². The molecule has 0 unspecified atom stereocenters. The van der Waals surface area contributed by atoms with Crippen molar-refractivity contribution < 1.29 is 9.53 Å². The Kier molecular flexibility index (Phi) is 4.66. The van der Waals surface area contributed by atoms with Gasteiger partial charge >= 0.3 is 0 Å². The van der Waals surface area contributed by atoms with Crippen LogP contribution >= 0.6 is 33.9 Å². The fraction of sp³-hybridized carbons (Fsp3) is 0.421. The minimum atomic E-state index is -0.193. The Morgan fingerprint density at radius 1 is 1.36 bits per heavy atom. The van der Waals surface area contributed by atoms with E-state index in [4.69, 9.17) is 4.74 Å². The summed E-state index contributed by atoms with van der Waals surface area (Å²) in [4.78, 5) is 14.2. The van der Waals surface area contributed by atoms with Gasteiger partial charge in [0.25, 0.3) is 5.91 Å². The highest BCUT2D eigenvalue weighted by molar-refractivity contribution is 14.1. The molecule has 2 aliphatic rings. The highest BCUT2D eigenvalue weighted by Crippen LogP contribution is 2.43. The van der Waals surface area contributed by atoms with Crippen molar-refractivity contribution >= 4 is 44.8 Å². The molecule has 2 heterocycles. The second-order valence-corrected chi connectivity index (χ2v) is 8.94. The zero-order valence-corrected chi connectivity index (χ0v) is 17.3. The summed E-state index contributed by atoms with van der Waals surface area (Å²) in [6.45, 7) is 2.26. The summed E-state index contributed by atoms with van der Waals surface area (Å²) < 4.78 is 6.36. The molecule has 1 aromatic carbocycles. The van der Waals surface area contributed by atoms with Crippen LogP contribution in [0.3, 0.4) is 0 Å². The second kappa shape index (κ2) is 6.79. The van der Waals surface area contributed by atoms with Crippen LogP contribution in [0.25, 0.3) is 0 Å². The van der Waals surface area contributed by atoms with E-state index in [0.29, 0.717) is 0 Å². The van der Waals surface area contributed by atoms with Crippen LogP contribution in [-0.4, -0.2) is 13.0 Å². The maximum atomic E-state index is 12.8. The summed E-state index contributed by atoms with van der Waals surface area (Å²) in [6, 6.07) is 6.01. The van der Waals surface area contributed by atoms with Crippen LogP contribution in [0.5, 0.6) is 5.75 Å². The Balaban J connectivity index is 1.65. The highest BCUT2D eigenvalue weighted by atomic mass is 127. The zero-order chi connectivity index (χ0) is 17.6. The van der Waals surface area contributed by atoms with Crippen LogP contribution in [-0.2, 0) is 12.8 Å². The van der Waals surface area contributed by atoms with Gasteiger partial charge in [-0.2, -0.15) is 0 Å². The lowest BCUT2D eigenvalue weighted by atomic mass is 9.85. The molecule has 0 radical (unpaired) electrons. The van der Waals surface area contributed by atoms with Crippen molar-refractivity contribution in [2.45, 2.75) is 38.8 Å². The summed E-state index contributed by atoms with van der Waals surface area (Å²) in [6.07, 6.45) is 4.36. The van der Waals surface area contributed by atoms with Gasteiger partial charge in [-0.25, -0.2) is 0 Å². The molecule has 1 amide bonds. The van der Waals surface area contributed by atoms with E-state index in [1.165, 1.54) is 23.3 Å². The topological polar surface area (TPSA) is 50.4 Å². The molecule has 0 saturated carbocycles. The van der Waals surface area contributed by atoms with Crippen molar-refractivity contribution in [3.63, 3.8) is 0 Å². The number of hydrogen-bond donors (Lipinski definition) is 2. The quantitative estimate of drug-likeness (QED) is 0.641. The van der Waals surface area contributed by atoms with Crippen LogP contribution in [0, 0.1) is 9.49 Å². The van der Waals surface area contributed by atoms with Crippen molar-refractivity contribution in [2.75, 3.05) is 12.4 Å². The summed E-state index contributed by atoms with van der Waals surface area (Å²) in [7, 11) is 1.67. The molecule has 4 rings (SSSR count). The van der Waals surface area contributed by atoms with E-state index < -0.39 is 0 Å². The summed E-state index contributed by atoms with van der Waals surface area (Å²) in [5.41, 5.74) is 3.20. The number of benzene rings is 1. The van der Waals surface area contributed by atoms with Crippen molar-refractivity contribution in [1.29, 1.82) is 0 Å². The number of carbonyl (C=O) groups is 1. The molecule has 25 heavy (non-hydrogen) atoms. The number of fused-ring (bicyclic) bond motifs is 3. The molecule has 132 valence electrons. The average Bonchev–Trinajstić information content (AvgIpc) is 2.99. The number of thiophene rings is 1. The molecule has 0 fully saturated rings. The fourth-order valence-electron chi connectivity index (χ4n) is 3.74. The molecule has 2 atom stereocenters. The van der Waals surface area contributed by atoms with E-state index in [1.807, 2.05) is 12.1 Å². The second-order valence-electron chi connectivity index (χ2n) is 6.67. The van der Waals surface area contributed by atoms with Gasteiger partial charge in [0.2, 0.25) is 0 Å². The molecule has 2 N–H and O–H groups in total. The van der Waals surface area contributed by atoms with Crippen LogP contribution < -0.4 is 15.4 Å². The first kappa shape index (κ1) is 17.1. The van der Waals surface area contributed by atoms with Gasteiger partial charge in [-0.15, -0.1) is 11.3 Å². The molecular formula is C19H21IN2O2S. The Morgan fingerprint density at radius 3 is 2.92 bits per heavy atom. The number of amides is 1. The third-order valence-electron chi connectivity index (χ3n) is 5.23. The third-order valence-corrected chi connectivity index (χ3v) is 7.26. The summed E-state index contributed by atoms with van der Waals surface area (Å²) in [5, 5.41) is 7.70. The van der Waals surface area contributed by atoms with Gasteiger partial charge < -0.3 is 15.4 Å². The lowest BCUT2D eigenvalue weighted by Crippen LogP contribution is -2.38. The highest BCUT2D eigenvalue weighted by Gasteiger charge is 2.33. The van der Waals surface area contributed by atoms with Crippen LogP contribution in [0.15, 0.2) is 18.2 Å². The predicted octanol–water partition coefficient (Wildman–Crippen LogP) is 4.73. The first-order chi connectivity index (χ1) is 12.1. The third kappa shape index (κ3) is 3.03. The number of ether oxygens (including phenoxy) is 1. The molecule has 1 aliphatic heterocycles. The van der Waals surface area contributed by atoms with Gasteiger partial charge in [-0.1, -0.05) is 19.4 Å². The standard InChI is InChI=1S/C19H21IN2O2S/c1-3-10-4-6-12-15(8-10)25-19-16(12)18(23)21-17(22-19)11-5-7-14(24-2)13(20)9-11/h5,7,9-10,17,22H,3-4,6,8H2,1-2H3,(H,21,23)/t10-,17-/m1/s1. The van der Waals surface area contributed by atoms with Crippen LogP contribution in [0.4, 0.5) is 5.00 Å². The van der Waals surface area contributed by atoms with E-state index in [1.54, 1.807) is 18.4 Å². The molecular weight excluding hydrogens is 447 g/mol. The molecule has 1 aromatic heterocycles. The predicted molar refractivity (Wildman–Crippen MR) is 110 cm³/mol. The minimum Gasteiger partial charge on any atom is -0.496 e. The van der Waals surface area contributed by atoms with Gasteiger partial charge in [0, 0.05) is 4.88 Å². The smallest absolute Gasteiger partial charge is 0.256 e. The van der Waals surface area contributed by atoms with Gasteiger partial charge in [0.05, 0.1) is 16.2 Å². The lowest BCUT2D eigenvalue weighted by molar-refractivity contribution is 0.0935. The largest absolute Gasteiger partial charge is 0.496 e. The number of hydrogen-bond acceptors (Lipinski definition) is 4. The number of nitrogens with one attached hydrogen (secondary N) is 2. The number of anilines is 1. The summed E-state index contributed by atoms with van der Waals surface area (Å²) in [5.74, 6) is 1.66. The maximum absolute atomic E-state index is 12.8. The normalized spacial score (nSPS) is 21.8. The van der Waals surface area contributed by atoms with Gasteiger partial charge in [-0.3, -0.25) is 4.79 Å². The molecule has 0 saturated heterocycles. The first-order valence-electron chi connectivity index (χ1n) is 8.66. The molecule has 0 bridgehead atoms. The molecule has 6 heteroatoms. The fourth-order valence-corrected chi connectivity index (χ4v) is 5.89. The van der Waals surface area contributed by atoms with Gasteiger partial charge in [0.15, 0.2) is 0 Å². The zero-order valence-electron chi connectivity index (χ0n) is 14.3. The Labute approximate surface area is 165 Å². The van der Waals surface area contributed by atoms with E-state index in [0.717, 1.165) is 44.2 Å². The van der Waals surface area contributed by atoms with Crippen molar-refractivity contribution in [3.05, 3.63) is 43.3 Å². The molecule has 1 aliphatic carbocycles. The van der Waals surface area contributed by atoms with Gasteiger partial charge in [0.1, 0.15) is 16.9 Å². The van der Waals surface area contributed by atoms with Crippen molar-refractivity contribution in [1.82, 2.24) is 5.32 Å². The Hall–Kier alpha value is -1.28. The number of carbonyl (C=O) groups excluding carboxylic acids is 1. The minimum absolute atomic E-state index is 0.0528. The summed E-state index contributed by atoms with van der Waals surface area (Å²) >= 11 is 4.03. The number of rotatable bonds is 3. The van der Waals surface area contributed by atoms with Crippen LogP contribution in [0.2, 0.25) is 0 Å². The Morgan fingerprint density at radius 2 is 2.20 bits per heavy atom. The monoisotopic (exact) mass is 468 g/mol. The van der Waals surface area contributed by atoms with E-state index in [9.17, 15) is 4.79 Å². The van der Waals surface area contributed by atoms with Crippen molar-refractivity contribution in [3.8, 4) is 5.75 Å². The van der Waals surface area contributed by atoms with E-state index >= 15 is 0 Å². The van der Waals surface area contributed by atoms with E-state index in [-0.39, 0.29) is 12.1 Å². The van der Waals surface area contributed by atoms with E-state index in [2.05, 4.69) is 46.2 Å². The molecule has 4 nitrogen and oxygen atoms in total. The molecule has 0 spiro atoms. The van der Waals surface area contributed by atoms with Crippen LogP contribution in [0.1, 0.15) is 52.3 Å². The SMILES string of the molecule is CC[C@@H]1CCc2c(sc3c2C(=O)N[C@@H](c2ccc(OC)c(I)c2)N3)C1. The average molecular weight is 468 g/mol. The lowest BCUT2D eigenvalue weighted by Gasteiger charge is -2.27. The number of halogens is 1. The Bertz CT molecular complexity index is 833. The maximum Gasteiger partial charge on any atom is 0.256 e. The number of methoxy groups -OCH3 is 1. The molecule has 2 aromatic rings.